The van der Waals surface area contributed by atoms with Crippen molar-refractivity contribution < 1.29 is 8.42 Å². The van der Waals surface area contributed by atoms with Gasteiger partial charge < -0.3 is 4.98 Å². The first-order chi connectivity index (χ1) is 9.29. The van der Waals surface area contributed by atoms with Crippen LogP contribution in [0.1, 0.15) is 22.9 Å². The Morgan fingerprint density at radius 3 is 2.75 bits per heavy atom. The van der Waals surface area contributed by atoms with E-state index in [4.69, 9.17) is 11.6 Å². The highest BCUT2D eigenvalue weighted by Gasteiger charge is 2.21. The Bertz CT molecular complexity index is 782. The quantitative estimate of drug-likeness (QED) is 0.892. The lowest BCUT2D eigenvalue weighted by Gasteiger charge is -2.11. The molecular weight excluding hydrogens is 322 g/mol. The second-order valence-electron chi connectivity index (χ2n) is 4.16. The molecule has 9 heteroatoms. The Morgan fingerprint density at radius 2 is 2.20 bits per heavy atom. The second kappa shape index (κ2) is 5.65. The monoisotopic (exact) mass is 333 g/mol. The molecule has 6 nitrogen and oxygen atoms in total. The minimum Gasteiger partial charge on any atom is -0.326 e. The number of aromatic amines is 1. The number of halogens is 1. The first-order valence-electron chi connectivity index (χ1n) is 5.62. The molecule has 2 N–H and O–H groups in total. The summed E-state index contributed by atoms with van der Waals surface area (Å²) in [6.45, 7) is 3.59. The van der Waals surface area contributed by atoms with E-state index in [0.29, 0.717) is 5.01 Å². The zero-order chi connectivity index (χ0) is 14.9. The summed E-state index contributed by atoms with van der Waals surface area (Å²) in [5, 5.41) is 0.493. The molecule has 0 fully saturated rings. The summed E-state index contributed by atoms with van der Waals surface area (Å²) in [5.41, 5.74) is -0.533. The van der Waals surface area contributed by atoms with Gasteiger partial charge in [-0.3, -0.25) is 4.79 Å². The van der Waals surface area contributed by atoms with Crippen molar-refractivity contribution in [2.75, 3.05) is 0 Å². The second-order valence-corrected chi connectivity index (χ2v) is 7.55. The largest absolute Gasteiger partial charge is 0.326 e. The third-order valence-electron chi connectivity index (χ3n) is 2.48. The highest BCUT2D eigenvalue weighted by Crippen LogP contribution is 2.21. The van der Waals surface area contributed by atoms with Crippen molar-refractivity contribution in [2.45, 2.75) is 24.8 Å². The van der Waals surface area contributed by atoms with Crippen molar-refractivity contribution in [1.82, 2.24) is 14.7 Å². The van der Waals surface area contributed by atoms with E-state index in [2.05, 4.69) is 14.7 Å². The number of nitrogens with zero attached hydrogens (tertiary/aromatic N) is 1. The van der Waals surface area contributed by atoms with Crippen molar-refractivity contribution >= 4 is 33.0 Å². The third-order valence-corrected chi connectivity index (χ3v) is 5.38. The summed E-state index contributed by atoms with van der Waals surface area (Å²) in [6.07, 6.45) is 2.79. The maximum atomic E-state index is 12.2. The van der Waals surface area contributed by atoms with Gasteiger partial charge in [-0.15, -0.1) is 11.3 Å². The van der Waals surface area contributed by atoms with Gasteiger partial charge in [0.05, 0.1) is 10.9 Å². The van der Waals surface area contributed by atoms with Gasteiger partial charge in [-0.1, -0.05) is 11.6 Å². The number of pyridine rings is 1. The fourth-order valence-corrected chi connectivity index (χ4v) is 3.80. The molecule has 2 rings (SSSR count). The first kappa shape index (κ1) is 15.2. The van der Waals surface area contributed by atoms with Crippen LogP contribution >= 0.6 is 22.9 Å². The molecule has 0 bridgehead atoms. The van der Waals surface area contributed by atoms with Gasteiger partial charge in [0.15, 0.2) is 0 Å². The summed E-state index contributed by atoms with van der Waals surface area (Å²) in [5.74, 6) is 0. The topological polar surface area (TPSA) is 91.9 Å². The van der Waals surface area contributed by atoms with E-state index in [9.17, 15) is 13.2 Å². The van der Waals surface area contributed by atoms with E-state index in [1.54, 1.807) is 13.1 Å². The lowest BCUT2D eigenvalue weighted by atomic mass is 10.4. The minimum atomic E-state index is -3.78. The molecule has 1 unspecified atom stereocenters. The molecule has 0 amide bonds. The summed E-state index contributed by atoms with van der Waals surface area (Å²) in [6, 6.07) is 0.645. The van der Waals surface area contributed by atoms with Crippen LogP contribution in [0.4, 0.5) is 0 Å². The molecule has 2 aromatic heterocycles. The average molecular weight is 334 g/mol. The summed E-state index contributed by atoms with van der Waals surface area (Å²) in [7, 11) is -3.78. The number of nitrogens with one attached hydrogen (secondary N) is 2. The predicted octanol–water partition coefficient (Wildman–Crippen LogP) is 1.83. The molecule has 0 aromatic carbocycles. The van der Waals surface area contributed by atoms with Gasteiger partial charge in [0.25, 0.3) is 5.56 Å². The number of aromatic nitrogens is 2. The lowest BCUT2D eigenvalue weighted by molar-refractivity contribution is 0.566. The van der Waals surface area contributed by atoms with Gasteiger partial charge in [0.2, 0.25) is 10.0 Å². The van der Waals surface area contributed by atoms with Crippen LogP contribution in [-0.2, 0) is 10.0 Å². The van der Waals surface area contributed by atoms with E-state index in [0.717, 1.165) is 17.1 Å². The van der Waals surface area contributed by atoms with Gasteiger partial charge in [-0.2, -0.15) is 0 Å². The Morgan fingerprint density at radius 1 is 1.50 bits per heavy atom. The Labute approximate surface area is 124 Å². The zero-order valence-electron chi connectivity index (χ0n) is 10.7. The third kappa shape index (κ3) is 3.26. The standard InChI is InChI=1S/C11H12ClN3O3S2/c1-6-4-14-11(19-6)7(2)15-20(17,18)8-3-9(12)10(16)13-5-8/h3-5,7,15H,1-2H3,(H,13,16). The van der Waals surface area contributed by atoms with Crippen LogP contribution in [0.3, 0.4) is 0 Å². The highest BCUT2D eigenvalue weighted by molar-refractivity contribution is 7.89. The van der Waals surface area contributed by atoms with Crippen LogP contribution in [0.25, 0.3) is 0 Å². The Balaban J connectivity index is 2.26. The number of hydrogen-bond donors (Lipinski definition) is 2. The lowest BCUT2D eigenvalue weighted by Crippen LogP contribution is -2.27. The van der Waals surface area contributed by atoms with Crippen molar-refractivity contribution in [1.29, 1.82) is 0 Å². The fraction of sp³-hybridized carbons (Fsp3) is 0.273. The van der Waals surface area contributed by atoms with Crippen LogP contribution < -0.4 is 10.3 Å². The van der Waals surface area contributed by atoms with Crippen LogP contribution in [-0.4, -0.2) is 18.4 Å². The van der Waals surface area contributed by atoms with Crippen LogP contribution in [0, 0.1) is 6.92 Å². The van der Waals surface area contributed by atoms with Crippen molar-refractivity contribution in [3.05, 3.63) is 43.7 Å². The molecule has 0 spiro atoms. The number of H-pyrrole nitrogens is 1. The number of hydrogen-bond acceptors (Lipinski definition) is 5. The molecule has 0 saturated carbocycles. The van der Waals surface area contributed by atoms with Crippen molar-refractivity contribution in [3.8, 4) is 0 Å². The van der Waals surface area contributed by atoms with Gasteiger partial charge in [-0.05, 0) is 19.9 Å². The van der Waals surface area contributed by atoms with Crippen LogP contribution in [0.15, 0.2) is 28.2 Å². The van der Waals surface area contributed by atoms with Gasteiger partial charge in [0.1, 0.15) is 10.0 Å². The predicted molar refractivity (Wildman–Crippen MR) is 77.7 cm³/mol. The number of rotatable bonds is 4. The smallest absolute Gasteiger partial charge is 0.266 e. The number of sulfonamides is 1. The van der Waals surface area contributed by atoms with E-state index in [1.165, 1.54) is 11.3 Å². The summed E-state index contributed by atoms with van der Waals surface area (Å²) < 4.78 is 26.8. The maximum Gasteiger partial charge on any atom is 0.266 e. The van der Waals surface area contributed by atoms with Crippen LogP contribution in [0.2, 0.25) is 5.02 Å². The van der Waals surface area contributed by atoms with Gasteiger partial charge in [-0.25, -0.2) is 18.1 Å². The zero-order valence-corrected chi connectivity index (χ0v) is 13.1. The minimum absolute atomic E-state index is 0.0952. The van der Waals surface area contributed by atoms with Crippen LogP contribution in [0.5, 0.6) is 0 Å². The maximum absolute atomic E-state index is 12.2. The summed E-state index contributed by atoms with van der Waals surface area (Å²) >= 11 is 7.05. The highest BCUT2D eigenvalue weighted by atomic mass is 35.5. The SMILES string of the molecule is Cc1cnc(C(C)NS(=O)(=O)c2c[nH]c(=O)c(Cl)c2)s1. The molecule has 0 saturated heterocycles. The number of aryl methyl sites for hydroxylation is 1. The van der Waals surface area contributed by atoms with E-state index in [-0.39, 0.29) is 9.92 Å². The normalized spacial score (nSPS) is 13.3. The average Bonchev–Trinajstić information content (AvgIpc) is 2.79. The summed E-state index contributed by atoms with van der Waals surface area (Å²) in [4.78, 5) is 18.4. The van der Waals surface area contributed by atoms with Gasteiger partial charge >= 0.3 is 0 Å². The molecule has 1 atom stereocenters. The fourth-order valence-electron chi connectivity index (χ4n) is 1.52. The number of thiazole rings is 1. The van der Waals surface area contributed by atoms with E-state index >= 15 is 0 Å². The molecule has 0 aliphatic rings. The van der Waals surface area contributed by atoms with Crippen molar-refractivity contribution in [2.24, 2.45) is 0 Å². The Hall–Kier alpha value is -1.22. The molecule has 108 valence electrons. The van der Waals surface area contributed by atoms with Gasteiger partial charge in [0, 0.05) is 17.3 Å². The Kier molecular flexibility index (Phi) is 4.28. The van der Waals surface area contributed by atoms with E-state index in [1.807, 2.05) is 6.92 Å². The molecular formula is C11H12ClN3O3S2. The molecule has 0 radical (unpaired) electrons. The molecule has 0 aliphatic carbocycles. The first-order valence-corrected chi connectivity index (χ1v) is 8.30. The molecule has 2 aromatic rings. The molecule has 2 heterocycles. The molecule has 20 heavy (non-hydrogen) atoms. The van der Waals surface area contributed by atoms with E-state index < -0.39 is 21.6 Å². The molecule has 0 aliphatic heterocycles. The van der Waals surface area contributed by atoms with Crippen molar-refractivity contribution in [3.63, 3.8) is 0 Å².